The van der Waals surface area contributed by atoms with Gasteiger partial charge in [0.1, 0.15) is 5.75 Å². The number of aryl methyl sites for hydroxylation is 2. The van der Waals surface area contributed by atoms with Gasteiger partial charge in [0.15, 0.2) is 11.9 Å². The van der Waals surface area contributed by atoms with Gasteiger partial charge in [-0.2, -0.15) is 0 Å². The van der Waals surface area contributed by atoms with E-state index in [0.29, 0.717) is 22.0 Å². The zero-order chi connectivity index (χ0) is 17.9. The van der Waals surface area contributed by atoms with Gasteiger partial charge in [-0.3, -0.25) is 9.59 Å². The van der Waals surface area contributed by atoms with Crippen LogP contribution in [0.1, 0.15) is 35.3 Å². The lowest BCUT2D eigenvalue weighted by Gasteiger charge is -2.16. The van der Waals surface area contributed by atoms with Crippen molar-refractivity contribution >= 4 is 29.0 Å². The molecule has 24 heavy (non-hydrogen) atoms. The van der Waals surface area contributed by atoms with Crippen LogP contribution in [0.2, 0.25) is 5.02 Å². The van der Waals surface area contributed by atoms with Crippen LogP contribution in [0.15, 0.2) is 36.4 Å². The molecule has 4 nitrogen and oxygen atoms in total. The van der Waals surface area contributed by atoms with Crippen molar-refractivity contribution in [1.82, 2.24) is 0 Å². The van der Waals surface area contributed by atoms with Crippen LogP contribution in [0.25, 0.3) is 0 Å². The van der Waals surface area contributed by atoms with E-state index in [1.54, 1.807) is 43.3 Å². The van der Waals surface area contributed by atoms with Gasteiger partial charge in [-0.25, -0.2) is 0 Å². The molecule has 2 rings (SSSR count). The summed E-state index contributed by atoms with van der Waals surface area (Å²) >= 11 is 6.13. The van der Waals surface area contributed by atoms with Crippen LogP contribution in [0, 0.1) is 13.8 Å². The van der Waals surface area contributed by atoms with Gasteiger partial charge in [0.25, 0.3) is 5.91 Å². The predicted molar refractivity (Wildman–Crippen MR) is 96.1 cm³/mol. The summed E-state index contributed by atoms with van der Waals surface area (Å²) in [6.07, 6.45) is -0.669. The summed E-state index contributed by atoms with van der Waals surface area (Å²) in [7, 11) is 0. The summed E-state index contributed by atoms with van der Waals surface area (Å²) in [5.74, 6) is 0.317. The Morgan fingerprint density at radius 3 is 2.12 bits per heavy atom. The number of carbonyl (C=O) groups excluding carboxylic acids is 2. The molecule has 1 atom stereocenters. The number of Topliss-reactive ketones (excluding diaryl/α,β-unsaturated/α-hetero) is 1. The van der Waals surface area contributed by atoms with Crippen molar-refractivity contribution in [3.05, 3.63) is 58.1 Å². The first-order valence-electron chi connectivity index (χ1n) is 7.63. The van der Waals surface area contributed by atoms with Crippen LogP contribution in [0.3, 0.4) is 0 Å². The first-order valence-corrected chi connectivity index (χ1v) is 8.01. The lowest BCUT2D eigenvalue weighted by molar-refractivity contribution is -0.122. The largest absolute Gasteiger partial charge is 0.481 e. The Balaban J connectivity index is 2.03. The molecule has 0 saturated heterocycles. The Bertz CT molecular complexity index is 746. The van der Waals surface area contributed by atoms with Gasteiger partial charge in [0.05, 0.1) is 0 Å². The van der Waals surface area contributed by atoms with Gasteiger partial charge in [-0.05, 0) is 75.2 Å². The predicted octanol–water partition coefficient (Wildman–Crippen LogP) is 4.57. The Hall–Kier alpha value is -2.33. The van der Waals surface area contributed by atoms with Crippen molar-refractivity contribution in [1.29, 1.82) is 0 Å². The highest BCUT2D eigenvalue weighted by molar-refractivity contribution is 6.32. The second kappa shape index (κ2) is 7.49. The molecule has 0 aliphatic carbocycles. The monoisotopic (exact) mass is 345 g/mol. The molecule has 0 spiro atoms. The number of halogens is 1. The minimum atomic E-state index is -0.669. The maximum absolute atomic E-state index is 12.2. The van der Waals surface area contributed by atoms with E-state index in [9.17, 15) is 9.59 Å². The minimum Gasteiger partial charge on any atom is -0.481 e. The summed E-state index contributed by atoms with van der Waals surface area (Å²) in [5.41, 5.74) is 3.02. The summed E-state index contributed by atoms with van der Waals surface area (Å²) in [4.78, 5) is 23.5. The Kier molecular flexibility index (Phi) is 5.62. The number of carbonyl (C=O) groups is 2. The second-order valence-electron chi connectivity index (χ2n) is 5.75. The Labute approximate surface area is 146 Å². The molecule has 2 aromatic carbocycles. The average Bonchev–Trinajstić information content (AvgIpc) is 2.52. The third-order valence-corrected chi connectivity index (χ3v) is 4.25. The number of nitrogens with one attached hydrogen (secondary N) is 1. The van der Waals surface area contributed by atoms with E-state index < -0.39 is 6.10 Å². The molecule has 126 valence electrons. The first-order chi connectivity index (χ1) is 11.3. The number of amides is 1. The van der Waals surface area contributed by atoms with Crippen molar-refractivity contribution in [2.75, 3.05) is 5.32 Å². The molecule has 0 radical (unpaired) electrons. The molecule has 0 aliphatic rings. The Morgan fingerprint density at radius 2 is 1.62 bits per heavy atom. The molecule has 0 bridgehead atoms. The van der Waals surface area contributed by atoms with Crippen LogP contribution >= 0.6 is 11.6 Å². The van der Waals surface area contributed by atoms with Crippen molar-refractivity contribution < 1.29 is 14.3 Å². The fraction of sp³-hybridized carbons (Fsp3) is 0.263. The molecule has 0 unspecified atom stereocenters. The van der Waals surface area contributed by atoms with E-state index in [0.717, 1.165) is 11.1 Å². The standard InChI is InChI=1S/C19H20ClNO3/c1-11-9-17(10-12(2)18(11)20)24-14(4)19(23)21-16-7-5-15(6-8-16)13(3)22/h5-10,14H,1-4H3,(H,21,23)/t14-/m1/s1. The van der Waals surface area contributed by atoms with Crippen molar-refractivity contribution in [2.24, 2.45) is 0 Å². The normalized spacial score (nSPS) is 11.7. The topological polar surface area (TPSA) is 55.4 Å². The zero-order valence-corrected chi connectivity index (χ0v) is 14.9. The maximum Gasteiger partial charge on any atom is 0.265 e. The molecule has 0 aromatic heterocycles. The third kappa shape index (κ3) is 4.36. The number of anilines is 1. The smallest absolute Gasteiger partial charge is 0.265 e. The number of rotatable bonds is 5. The fourth-order valence-corrected chi connectivity index (χ4v) is 2.37. The lowest BCUT2D eigenvalue weighted by Crippen LogP contribution is -2.30. The van der Waals surface area contributed by atoms with Gasteiger partial charge in [0, 0.05) is 16.3 Å². The average molecular weight is 346 g/mol. The quantitative estimate of drug-likeness (QED) is 0.808. The highest BCUT2D eigenvalue weighted by atomic mass is 35.5. The van der Waals surface area contributed by atoms with E-state index in [1.165, 1.54) is 6.92 Å². The third-order valence-electron chi connectivity index (χ3n) is 3.65. The molecule has 0 saturated carbocycles. The molecule has 1 amide bonds. The van der Waals surface area contributed by atoms with E-state index >= 15 is 0 Å². The molecule has 5 heteroatoms. The number of benzene rings is 2. The first kappa shape index (κ1) is 18.0. The lowest BCUT2D eigenvalue weighted by atomic mass is 10.1. The van der Waals surface area contributed by atoms with Crippen molar-refractivity contribution in [3.63, 3.8) is 0 Å². The number of hydrogen-bond acceptors (Lipinski definition) is 3. The van der Waals surface area contributed by atoms with Crippen LogP contribution < -0.4 is 10.1 Å². The van der Waals surface area contributed by atoms with E-state index in [4.69, 9.17) is 16.3 Å². The molecule has 2 aromatic rings. The van der Waals surface area contributed by atoms with Gasteiger partial charge >= 0.3 is 0 Å². The highest BCUT2D eigenvalue weighted by Crippen LogP contribution is 2.26. The molecule has 0 aliphatic heterocycles. The highest BCUT2D eigenvalue weighted by Gasteiger charge is 2.16. The van der Waals surface area contributed by atoms with E-state index in [2.05, 4.69) is 5.32 Å². The van der Waals surface area contributed by atoms with Crippen molar-refractivity contribution in [2.45, 2.75) is 33.8 Å². The van der Waals surface area contributed by atoms with Crippen LogP contribution in [0.4, 0.5) is 5.69 Å². The maximum atomic E-state index is 12.2. The SMILES string of the molecule is CC(=O)c1ccc(NC(=O)[C@@H](C)Oc2cc(C)c(Cl)c(C)c2)cc1. The molecular formula is C19H20ClNO3. The second-order valence-corrected chi connectivity index (χ2v) is 6.13. The van der Waals surface area contributed by atoms with Crippen molar-refractivity contribution in [3.8, 4) is 5.75 Å². The molecule has 1 N–H and O–H groups in total. The number of ether oxygens (including phenoxy) is 1. The summed E-state index contributed by atoms with van der Waals surface area (Å²) in [6.45, 7) is 6.96. The summed E-state index contributed by atoms with van der Waals surface area (Å²) in [5, 5.41) is 3.47. The van der Waals surface area contributed by atoms with Gasteiger partial charge in [-0.15, -0.1) is 0 Å². The summed E-state index contributed by atoms with van der Waals surface area (Å²) in [6, 6.07) is 10.3. The minimum absolute atomic E-state index is 0.0157. The van der Waals surface area contributed by atoms with E-state index in [-0.39, 0.29) is 11.7 Å². The van der Waals surface area contributed by atoms with Crippen LogP contribution in [0.5, 0.6) is 5.75 Å². The molecule has 0 fully saturated rings. The molecule has 0 heterocycles. The van der Waals surface area contributed by atoms with Gasteiger partial charge in [0.2, 0.25) is 0 Å². The van der Waals surface area contributed by atoms with Crippen LogP contribution in [-0.4, -0.2) is 17.8 Å². The fourth-order valence-electron chi connectivity index (χ4n) is 2.26. The molecular weight excluding hydrogens is 326 g/mol. The van der Waals surface area contributed by atoms with E-state index in [1.807, 2.05) is 13.8 Å². The number of hydrogen-bond donors (Lipinski definition) is 1. The van der Waals surface area contributed by atoms with Gasteiger partial charge < -0.3 is 10.1 Å². The zero-order valence-electron chi connectivity index (χ0n) is 14.1. The van der Waals surface area contributed by atoms with Gasteiger partial charge in [-0.1, -0.05) is 11.6 Å². The summed E-state index contributed by atoms with van der Waals surface area (Å²) < 4.78 is 5.70. The van der Waals surface area contributed by atoms with Crippen LogP contribution in [-0.2, 0) is 4.79 Å². The Morgan fingerprint density at radius 1 is 1.08 bits per heavy atom. The number of ketones is 1.